The summed E-state index contributed by atoms with van der Waals surface area (Å²) in [6.45, 7) is 1.39. The van der Waals surface area contributed by atoms with Gasteiger partial charge in [-0.05, 0) is 37.1 Å². The molecule has 0 aliphatic carbocycles. The standard InChI is InChI=1S/C17H19ClN2O3S/c18-16-9-4-10-19-17(16)23-13-14-6-5-11-20(12-14)24(21,22)15-7-2-1-3-8-15/h1-4,7-10,14H,5-6,11-13H2. The van der Waals surface area contributed by atoms with Crippen molar-refractivity contribution in [3.8, 4) is 5.88 Å². The molecule has 7 heteroatoms. The van der Waals surface area contributed by atoms with Crippen molar-refractivity contribution in [1.29, 1.82) is 0 Å². The number of benzene rings is 1. The molecule has 1 aromatic carbocycles. The van der Waals surface area contributed by atoms with E-state index in [9.17, 15) is 8.42 Å². The van der Waals surface area contributed by atoms with Crippen LogP contribution in [-0.2, 0) is 10.0 Å². The quantitative estimate of drug-likeness (QED) is 0.815. The van der Waals surface area contributed by atoms with Crippen molar-refractivity contribution in [2.75, 3.05) is 19.7 Å². The van der Waals surface area contributed by atoms with E-state index in [0.717, 1.165) is 12.8 Å². The Balaban J connectivity index is 1.65. The minimum atomic E-state index is -3.45. The van der Waals surface area contributed by atoms with Gasteiger partial charge in [-0.25, -0.2) is 13.4 Å². The molecule has 1 aromatic heterocycles. The highest BCUT2D eigenvalue weighted by molar-refractivity contribution is 7.89. The Kier molecular flexibility index (Phi) is 5.38. The van der Waals surface area contributed by atoms with E-state index in [1.807, 2.05) is 6.07 Å². The number of aromatic nitrogens is 1. The van der Waals surface area contributed by atoms with Gasteiger partial charge in [0.2, 0.25) is 15.9 Å². The molecule has 0 N–H and O–H groups in total. The lowest BCUT2D eigenvalue weighted by Crippen LogP contribution is -2.41. The van der Waals surface area contributed by atoms with Gasteiger partial charge in [0.25, 0.3) is 0 Å². The molecule has 0 radical (unpaired) electrons. The number of halogens is 1. The van der Waals surface area contributed by atoms with E-state index in [4.69, 9.17) is 16.3 Å². The molecule has 1 aliphatic heterocycles. The molecule has 2 aromatic rings. The summed E-state index contributed by atoms with van der Waals surface area (Å²) in [4.78, 5) is 4.42. The van der Waals surface area contributed by atoms with Crippen LogP contribution in [0.2, 0.25) is 5.02 Å². The van der Waals surface area contributed by atoms with Crippen LogP contribution in [0.3, 0.4) is 0 Å². The maximum Gasteiger partial charge on any atom is 0.243 e. The van der Waals surface area contributed by atoms with Gasteiger partial charge < -0.3 is 4.74 Å². The van der Waals surface area contributed by atoms with Crippen LogP contribution in [0.15, 0.2) is 53.6 Å². The Bertz CT molecular complexity index is 783. The third-order valence-corrected chi connectivity index (χ3v) is 6.21. The van der Waals surface area contributed by atoms with Gasteiger partial charge in [0, 0.05) is 25.2 Å². The molecule has 3 rings (SSSR count). The van der Waals surface area contributed by atoms with Gasteiger partial charge in [-0.1, -0.05) is 29.8 Å². The van der Waals surface area contributed by atoms with Crippen molar-refractivity contribution in [1.82, 2.24) is 9.29 Å². The Labute approximate surface area is 147 Å². The van der Waals surface area contributed by atoms with Crippen molar-refractivity contribution < 1.29 is 13.2 Å². The van der Waals surface area contributed by atoms with Crippen molar-refractivity contribution >= 4 is 21.6 Å². The zero-order chi connectivity index (χ0) is 17.0. The summed E-state index contributed by atoms with van der Waals surface area (Å²) in [5.41, 5.74) is 0. The summed E-state index contributed by atoms with van der Waals surface area (Å²) in [6.07, 6.45) is 3.36. The predicted molar refractivity (Wildman–Crippen MR) is 92.7 cm³/mol. The zero-order valence-corrected chi connectivity index (χ0v) is 14.7. The highest BCUT2D eigenvalue weighted by Gasteiger charge is 2.30. The first kappa shape index (κ1) is 17.2. The summed E-state index contributed by atoms with van der Waals surface area (Å²) in [6, 6.07) is 12.0. The second-order valence-electron chi connectivity index (χ2n) is 5.79. The monoisotopic (exact) mass is 366 g/mol. The van der Waals surface area contributed by atoms with E-state index < -0.39 is 10.0 Å². The van der Waals surface area contributed by atoms with Crippen molar-refractivity contribution in [2.45, 2.75) is 17.7 Å². The van der Waals surface area contributed by atoms with Crippen LogP contribution in [0.4, 0.5) is 0 Å². The summed E-state index contributed by atoms with van der Waals surface area (Å²) in [5.74, 6) is 0.512. The highest BCUT2D eigenvalue weighted by Crippen LogP contribution is 2.26. The molecule has 1 saturated heterocycles. The number of hydrogen-bond acceptors (Lipinski definition) is 4. The van der Waals surface area contributed by atoms with Gasteiger partial charge in [0.15, 0.2) is 0 Å². The number of hydrogen-bond donors (Lipinski definition) is 0. The lowest BCUT2D eigenvalue weighted by molar-refractivity contribution is 0.176. The fourth-order valence-electron chi connectivity index (χ4n) is 2.80. The molecule has 1 aliphatic rings. The Morgan fingerprint density at radius 1 is 1.21 bits per heavy atom. The van der Waals surface area contributed by atoms with Gasteiger partial charge in [0.1, 0.15) is 5.02 Å². The smallest absolute Gasteiger partial charge is 0.243 e. The van der Waals surface area contributed by atoms with E-state index in [2.05, 4.69) is 4.98 Å². The van der Waals surface area contributed by atoms with Gasteiger partial charge in [-0.15, -0.1) is 0 Å². The summed E-state index contributed by atoms with van der Waals surface area (Å²) < 4.78 is 32.6. The fraction of sp³-hybridized carbons (Fsp3) is 0.353. The first-order valence-electron chi connectivity index (χ1n) is 7.86. The average molecular weight is 367 g/mol. The lowest BCUT2D eigenvalue weighted by Gasteiger charge is -2.31. The molecule has 1 atom stereocenters. The second-order valence-corrected chi connectivity index (χ2v) is 8.13. The summed E-state index contributed by atoms with van der Waals surface area (Å²) in [5, 5.41) is 0.460. The van der Waals surface area contributed by atoms with Crippen LogP contribution in [-0.4, -0.2) is 37.4 Å². The molecule has 0 amide bonds. The third-order valence-electron chi connectivity index (χ3n) is 4.04. The average Bonchev–Trinajstić information content (AvgIpc) is 2.62. The number of sulfonamides is 1. The summed E-state index contributed by atoms with van der Waals surface area (Å²) in [7, 11) is -3.45. The first-order valence-corrected chi connectivity index (χ1v) is 9.67. The van der Waals surface area contributed by atoms with Crippen molar-refractivity contribution in [2.24, 2.45) is 5.92 Å². The molecular weight excluding hydrogens is 348 g/mol. The lowest BCUT2D eigenvalue weighted by atomic mass is 10.0. The second kappa shape index (κ2) is 7.51. The van der Waals surface area contributed by atoms with Gasteiger partial charge in [-0.2, -0.15) is 4.31 Å². The molecule has 0 bridgehead atoms. The molecular formula is C17H19ClN2O3S. The number of rotatable bonds is 5. The SMILES string of the molecule is O=S(=O)(c1ccccc1)N1CCCC(COc2ncccc2Cl)C1. The van der Waals surface area contributed by atoms with Gasteiger partial charge >= 0.3 is 0 Å². The van der Waals surface area contributed by atoms with Crippen molar-refractivity contribution in [3.63, 3.8) is 0 Å². The molecule has 128 valence electrons. The van der Waals surface area contributed by atoms with E-state index in [0.29, 0.717) is 35.5 Å². The van der Waals surface area contributed by atoms with Crippen LogP contribution < -0.4 is 4.74 Å². The molecule has 5 nitrogen and oxygen atoms in total. The largest absolute Gasteiger partial charge is 0.476 e. The minimum absolute atomic E-state index is 0.121. The maximum absolute atomic E-state index is 12.7. The third kappa shape index (κ3) is 3.88. The number of ether oxygens (including phenoxy) is 1. The Hall–Kier alpha value is -1.63. The number of piperidine rings is 1. The topological polar surface area (TPSA) is 59.5 Å². The fourth-order valence-corrected chi connectivity index (χ4v) is 4.55. The van der Waals surface area contributed by atoms with Gasteiger partial charge in [-0.3, -0.25) is 0 Å². The van der Waals surface area contributed by atoms with E-state index in [1.54, 1.807) is 46.9 Å². The normalized spacial score (nSPS) is 19.1. The molecule has 0 spiro atoms. The number of pyridine rings is 1. The van der Waals surface area contributed by atoms with Crippen LogP contribution in [0, 0.1) is 5.92 Å². The van der Waals surface area contributed by atoms with E-state index in [-0.39, 0.29) is 5.92 Å². The van der Waals surface area contributed by atoms with E-state index in [1.165, 1.54) is 0 Å². The van der Waals surface area contributed by atoms with Crippen LogP contribution in [0.1, 0.15) is 12.8 Å². The van der Waals surface area contributed by atoms with Gasteiger partial charge in [0.05, 0.1) is 11.5 Å². The molecule has 2 heterocycles. The molecule has 1 unspecified atom stereocenters. The Morgan fingerprint density at radius 2 is 2.00 bits per heavy atom. The number of nitrogens with zero attached hydrogens (tertiary/aromatic N) is 2. The minimum Gasteiger partial charge on any atom is -0.476 e. The van der Waals surface area contributed by atoms with E-state index >= 15 is 0 Å². The maximum atomic E-state index is 12.7. The molecule has 24 heavy (non-hydrogen) atoms. The van der Waals surface area contributed by atoms with Crippen LogP contribution in [0.5, 0.6) is 5.88 Å². The van der Waals surface area contributed by atoms with Crippen LogP contribution >= 0.6 is 11.6 Å². The first-order chi connectivity index (χ1) is 11.6. The highest BCUT2D eigenvalue weighted by atomic mass is 35.5. The Morgan fingerprint density at radius 3 is 2.75 bits per heavy atom. The molecule has 1 fully saturated rings. The predicted octanol–water partition coefficient (Wildman–Crippen LogP) is 3.21. The van der Waals surface area contributed by atoms with Crippen molar-refractivity contribution in [3.05, 3.63) is 53.7 Å². The van der Waals surface area contributed by atoms with Crippen LogP contribution in [0.25, 0.3) is 0 Å². The summed E-state index contributed by atoms with van der Waals surface area (Å²) >= 11 is 6.03. The zero-order valence-electron chi connectivity index (χ0n) is 13.1. The molecule has 0 saturated carbocycles.